The molecule has 0 unspecified atom stereocenters. The van der Waals surface area contributed by atoms with Gasteiger partial charge in [0.25, 0.3) is 0 Å². The van der Waals surface area contributed by atoms with Crippen LogP contribution in [0.1, 0.15) is 19.4 Å². The Labute approximate surface area is 100 Å². The minimum atomic E-state index is 0.301. The zero-order valence-corrected chi connectivity index (χ0v) is 11.1. The molecule has 0 aliphatic rings. The average molecular weight is 272 g/mol. The standard InChI is InChI=1S/C12H18BrNO/c1-9(2)15-7-6-14-12-8-11(13)5-4-10(12)3/h4-5,8-9,14H,6-7H2,1-3H3. The quantitative estimate of drug-likeness (QED) is 0.827. The molecule has 0 aromatic heterocycles. The van der Waals surface area contributed by atoms with Crippen LogP contribution in [0.5, 0.6) is 0 Å². The van der Waals surface area contributed by atoms with Gasteiger partial charge < -0.3 is 10.1 Å². The molecule has 0 atom stereocenters. The largest absolute Gasteiger partial charge is 0.382 e. The van der Waals surface area contributed by atoms with E-state index in [1.807, 2.05) is 19.9 Å². The van der Waals surface area contributed by atoms with Crippen LogP contribution in [0, 0.1) is 6.92 Å². The summed E-state index contributed by atoms with van der Waals surface area (Å²) in [5.74, 6) is 0. The molecule has 1 aromatic rings. The molecule has 0 saturated carbocycles. The maximum absolute atomic E-state index is 5.46. The van der Waals surface area contributed by atoms with Crippen molar-refractivity contribution in [2.75, 3.05) is 18.5 Å². The van der Waals surface area contributed by atoms with E-state index >= 15 is 0 Å². The van der Waals surface area contributed by atoms with Crippen LogP contribution < -0.4 is 5.32 Å². The molecule has 0 fully saturated rings. The molecule has 0 bridgehead atoms. The zero-order chi connectivity index (χ0) is 11.3. The number of hydrogen-bond acceptors (Lipinski definition) is 2. The summed E-state index contributed by atoms with van der Waals surface area (Å²) in [7, 11) is 0. The van der Waals surface area contributed by atoms with Crippen LogP contribution in [-0.2, 0) is 4.74 Å². The molecule has 1 N–H and O–H groups in total. The molecule has 0 spiro atoms. The van der Waals surface area contributed by atoms with Crippen molar-refractivity contribution in [1.82, 2.24) is 0 Å². The second-order valence-corrected chi connectivity index (χ2v) is 4.72. The van der Waals surface area contributed by atoms with Crippen LogP contribution >= 0.6 is 15.9 Å². The Morgan fingerprint density at radius 3 is 2.80 bits per heavy atom. The lowest BCUT2D eigenvalue weighted by atomic mass is 10.2. The molecule has 2 nitrogen and oxygen atoms in total. The summed E-state index contributed by atoms with van der Waals surface area (Å²) in [4.78, 5) is 0. The van der Waals surface area contributed by atoms with Gasteiger partial charge in [-0.05, 0) is 38.5 Å². The Hall–Kier alpha value is -0.540. The zero-order valence-electron chi connectivity index (χ0n) is 9.51. The highest BCUT2D eigenvalue weighted by molar-refractivity contribution is 9.10. The predicted molar refractivity (Wildman–Crippen MR) is 68.5 cm³/mol. The van der Waals surface area contributed by atoms with Gasteiger partial charge >= 0.3 is 0 Å². The Balaban J connectivity index is 2.40. The van der Waals surface area contributed by atoms with Gasteiger partial charge in [0.1, 0.15) is 0 Å². The Morgan fingerprint density at radius 1 is 1.40 bits per heavy atom. The van der Waals surface area contributed by atoms with E-state index in [-0.39, 0.29) is 0 Å². The van der Waals surface area contributed by atoms with Crippen molar-refractivity contribution in [3.8, 4) is 0 Å². The van der Waals surface area contributed by atoms with E-state index in [9.17, 15) is 0 Å². The minimum Gasteiger partial charge on any atom is -0.382 e. The number of benzene rings is 1. The number of ether oxygens (including phenoxy) is 1. The fourth-order valence-electron chi connectivity index (χ4n) is 1.27. The first kappa shape index (κ1) is 12.5. The lowest BCUT2D eigenvalue weighted by Crippen LogP contribution is -2.13. The number of nitrogens with one attached hydrogen (secondary N) is 1. The summed E-state index contributed by atoms with van der Waals surface area (Å²) in [5.41, 5.74) is 2.42. The van der Waals surface area contributed by atoms with Crippen molar-refractivity contribution >= 4 is 21.6 Å². The molecule has 84 valence electrons. The van der Waals surface area contributed by atoms with Gasteiger partial charge in [-0.3, -0.25) is 0 Å². The van der Waals surface area contributed by atoms with Gasteiger partial charge in [0.2, 0.25) is 0 Å². The van der Waals surface area contributed by atoms with E-state index in [1.54, 1.807) is 0 Å². The van der Waals surface area contributed by atoms with Gasteiger partial charge in [-0.1, -0.05) is 22.0 Å². The smallest absolute Gasteiger partial charge is 0.0642 e. The van der Waals surface area contributed by atoms with Crippen LogP contribution in [-0.4, -0.2) is 19.3 Å². The maximum atomic E-state index is 5.46. The first-order chi connectivity index (χ1) is 7.09. The van der Waals surface area contributed by atoms with E-state index in [0.29, 0.717) is 6.10 Å². The number of anilines is 1. The summed E-state index contributed by atoms with van der Waals surface area (Å²) < 4.78 is 6.56. The van der Waals surface area contributed by atoms with Crippen molar-refractivity contribution in [3.63, 3.8) is 0 Å². The Bertz CT molecular complexity index is 312. The highest BCUT2D eigenvalue weighted by Gasteiger charge is 1.98. The summed E-state index contributed by atoms with van der Waals surface area (Å²) >= 11 is 3.46. The fraction of sp³-hybridized carbons (Fsp3) is 0.500. The minimum absolute atomic E-state index is 0.301. The molecule has 1 rings (SSSR count). The molecule has 0 heterocycles. The third kappa shape index (κ3) is 4.67. The number of aryl methyl sites for hydroxylation is 1. The second-order valence-electron chi connectivity index (χ2n) is 3.81. The molecule has 0 aliphatic carbocycles. The van der Waals surface area contributed by atoms with Gasteiger partial charge in [0.15, 0.2) is 0 Å². The molecule has 0 radical (unpaired) electrons. The fourth-order valence-corrected chi connectivity index (χ4v) is 1.63. The highest BCUT2D eigenvalue weighted by atomic mass is 79.9. The third-order valence-corrected chi connectivity index (χ3v) is 2.56. The molecule has 0 amide bonds. The molecule has 0 saturated heterocycles. The van der Waals surface area contributed by atoms with Crippen molar-refractivity contribution in [1.29, 1.82) is 0 Å². The van der Waals surface area contributed by atoms with Gasteiger partial charge in [-0.2, -0.15) is 0 Å². The molecule has 1 aromatic carbocycles. The van der Waals surface area contributed by atoms with Crippen LogP contribution in [0.3, 0.4) is 0 Å². The first-order valence-electron chi connectivity index (χ1n) is 5.21. The van der Waals surface area contributed by atoms with Crippen LogP contribution in [0.25, 0.3) is 0 Å². The second kappa shape index (κ2) is 6.13. The molecule has 15 heavy (non-hydrogen) atoms. The van der Waals surface area contributed by atoms with E-state index in [2.05, 4.69) is 40.3 Å². The van der Waals surface area contributed by atoms with Gasteiger partial charge in [0, 0.05) is 16.7 Å². The van der Waals surface area contributed by atoms with Crippen molar-refractivity contribution < 1.29 is 4.74 Å². The SMILES string of the molecule is Cc1ccc(Br)cc1NCCOC(C)C. The topological polar surface area (TPSA) is 21.3 Å². The Kier molecular flexibility index (Phi) is 5.12. The van der Waals surface area contributed by atoms with E-state index in [4.69, 9.17) is 4.74 Å². The van der Waals surface area contributed by atoms with Crippen LogP contribution in [0.15, 0.2) is 22.7 Å². The first-order valence-corrected chi connectivity index (χ1v) is 6.00. The third-order valence-electron chi connectivity index (χ3n) is 2.07. The summed E-state index contributed by atoms with van der Waals surface area (Å²) in [5, 5.41) is 3.35. The number of halogens is 1. The molecular weight excluding hydrogens is 254 g/mol. The summed E-state index contributed by atoms with van der Waals surface area (Å²) in [6.45, 7) is 7.77. The van der Waals surface area contributed by atoms with E-state index in [1.165, 1.54) is 5.56 Å². The maximum Gasteiger partial charge on any atom is 0.0642 e. The van der Waals surface area contributed by atoms with Crippen LogP contribution in [0.2, 0.25) is 0 Å². The van der Waals surface area contributed by atoms with E-state index in [0.717, 1.165) is 23.3 Å². The van der Waals surface area contributed by atoms with Crippen molar-refractivity contribution in [2.45, 2.75) is 26.9 Å². The average Bonchev–Trinajstić information content (AvgIpc) is 2.17. The van der Waals surface area contributed by atoms with Crippen molar-refractivity contribution in [2.24, 2.45) is 0 Å². The number of hydrogen-bond donors (Lipinski definition) is 1. The van der Waals surface area contributed by atoms with Gasteiger partial charge in [0.05, 0.1) is 12.7 Å². The molecule has 0 aliphatic heterocycles. The van der Waals surface area contributed by atoms with E-state index < -0.39 is 0 Å². The van der Waals surface area contributed by atoms with Gasteiger partial charge in [-0.25, -0.2) is 0 Å². The van der Waals surface area contributed by atoms with Crippen LogP contribution in [0.4, 0.5) is 5.69 Å². The van der Waals surface area contributed by atoms with Crippen molar-refractivity contribution in [3.05, 3.63) is 28.2 Å². The summed E-state index contributed by atoms with van der Waals surface area (Å²) in [6.07, 6.45) is 0.301. The lowest BCUT2D eigenvalue weighted by molar-refractivity contribution is 0.0870. The number of rotatable bonds is 5. The molecular formula is C12H18BrNO. The molecule has 3 heteroatoms. The monoisotopic (exact) mass is 271 g/mol. The Morgan fingerprint density at radius 2 is 2.13 bits per heavy atom. The summed E-state index contributed by atoms with van der Waals surface area (Å²) in [6, 6.07) is 6.23. The van der Waals surface area contributed by atoms with Gasteiger partial charge in [-0.15, -0.1) is 0 Å². The highest BCUT2D eigenvalue weighted by Crippen LogP contribution is 2.20. The predicted octanol–water partition coefficient (Wildman–Crippen LogP) is 3.59. The normalized spacial score (nSPS) is 10.7. The lowest BCUT2D eigenvalue weighted by Gasteiger charge is -2.11.